The Kier molecular flexibility index (Phi) is 4.21. The molecule has 0 atom stereocenters. The Morgan fingerprint density at radius 2 is 1.75 bits per heavy atom. The molecule has 0 spiro atoms. The molecule has 0 aliphatic carbocycles. The summed E-state index contributed by atoms with van der Waals surface area (Å²) >= 11 is 0. The van der Waals surface area contributed by atoms with Crippen molar-refractivity contribution in [2.45, 2.75) is 32.3 Å². The fourth-order valence-corrected chi connectivity index (χ4v) is 1.07. The minimum Gasteiger partial charge on any atom is -0.477 e. The van der Waals surface area contributed by atoms with Crippen LogP contribution in [0.2, 0.25) is 0 Å². The van der Waals surface area contributed by atoms with E-state index in [1.54, 1.807) is 20.8 Å². The van der Waals surface area contributed by atoms with Crippen molar-refractivity contribution in [3.05, 3.63) is 18.0 Å². The van der Waals surface area contributed by atoms with Gasteiger partial charge >= 0.3 is 18.0 Å². The van der Waals surface area contributed by atoms with Crippen molar-refractivity contribution in [3.63, 3.8) is 0 Å². The van der Waals surface area contributed by atoms with Crippen molar-refractivity contribution in [3.8, 4) is 0 Å². The molecule has 9 heteroatoms. The van der Waals surface area contributed by atoms with Crippen LogP contribution in [0, 0.1) is 0 Å². The number of hydrogen-bond donors (Lipinski definition) is 2. The van der Waals surface area contributed by atoms with Gasteiger partial charge in [0.05, 0.1) is 5.56 Å². The maximum absolute atomic E-state index is 13.1. The normalized spacial score (nSPS) is 11.8. The van der Waals surface area contributed by atoms with Gasteiger partial charge in [0.1, 0.15) is 5.60 Å². The standard InChI is InChI=1S/C11H13F2N3O4/c1-10(2,3)20-9(19)16-8-14-4-6(5-15-8)11(12,13)7(17)18/h4-5H,1-3H3,(H,17,18)(H,14,15,16,19). The number of hydrogen-bond acceptors (Lipinski definition) is 5. The third-order valence-corrected chi connectivity index (χ3v) is 1.90. The predicted molar refractivity (Wildman–Crippen MR) is 63.4 cm³/mol. The monoisotopic (exact) mass is 289 g/mol. The Labute approximate surface area is 113 Å². The molecule has 110 valence electrons. The van der Waals surface area contributed by atoms with Gasteiger partial charge in [-0.05, 0) is 20.8 Å². The van der Waals surface area contributed by atoms with Gasteiger partial charge in [0, 0.05) is 12.4 Å². The van der Waals surface area contributed by atoms with E-state index in [1.807, 2.05) is 0 Å². The van der Waals surface area contributed by atoms with Crippen LogP contribution < -0.4 is 5.32 Å². The lowest BCUT2D eigenvalue weighted by atomic mass is 10.2. The summed E-state index contributed by atoms with van der Waals surface area (Å²) in [6.07, 6.45) is 0.386. The molecule has 1 rings (SSSR count). The highest BCUT2D eigenvalue weighted by Gasteiger charge is 2.41. The zero-order chi connectivity index (χ0) is 15.6. The second-order valence-corrected chi connectivity index (χ2v) is 4.80. The van der Waals surface area contributed by atoms with Gasteiger partial charge in [-0.15, -0.1) is 0 Å². The number of amides is 1. The lowest BCUT2D eigenvalue weighted by molar-refractivity contribution is -0.166. The maximum atomic E-state index is 13.1. The number of nitrogens with zero attached hydrogens (tertiary/aromatic N) is 2. The smallest absolute Gasteiger partial charge is 0.414 e. The number of halogens is 2. The average Bonchev–Trinajstić information content (AvgIpc) is 2.26. The molecule has 7 nitrogen and oxygen atoms in total. The van der Waals surface area contributed by atoms with Gasteiger partial charge in [0.2, 0.25) is 5.95 Å². The largest absolute Gasteiger partial charge is 0.477 e. The molecular weight excluding hydrogens is 276 g/mol. The van der Waals surface area contributed by atoms with E-state index in [2.05, 4.69) is 15.3 Å². The van der Waals surface area contributed by atoms with E-state index >= 15 is 0 Å². The first-order chi connectivity index (χ1) is 9.02. The molecule has 0 aromatic carbocycles. The highest BCUT2D eigenvalue weighted by molar-refractivity contribution is 5.82. The minimum absolute atomic E-state index is 0.274. The number of anilines is 1. The predicted octanol–water partition coefficient (Wildman–Crippen LogP) is 2.00. The van der Waals surface area contributed by atoms with E-state index in [-0.39, 0.29) is 5.95 Å². The van der Waals surface area contributed by atoms with Gasteiger partial charge in [0.15, 0.2) is 0 Å². The number of nitrogens with one attached hydrogen (secondary N) is 1. The minimum atomic E-state index is -4.09. The summed E-state index contributed by atoms with van der Waals surface area (Å²) in [5, 5.41) is 10.5. The number of carbonyl (C=O) groups excluding carboxylic acids is 1. The van der Waals surface area contributed by atoms with Crippen LogP contribution in [0.1, 0.15) is 26.3 Å². The Bertz CT molecular complexity index is 511. The van der Waals surface area contributed by atoms with Crippen molar-refractivity contribution in [2.24, 2.45) is 0 Å². The molecule has 0 aliphatic heterocycles. The van der Waals surface area contributed by atoms with E-state index in [9.17, 15) is 18.4 Å². The van der Waals surface area contributed by atoms with Crippen LogP contribution in [0.3, 0.4) is 0 Å². The van der Waals surface area contributed by atoms with Gasteiger partial charge in [-0.2, -0.15) is 8.78 Å². The van der Waals surface area contributed by atoms with E-state index in [4.69, 9.17) is 9.84 Å². The van der Waals surface area contributed by atoms with Crippen LogP contribution in [0.4, 0.5) is 19.5 Å². The quantitative estimate of drug-likeness (QED) is 0.882. The highest BCUT2D eigenvalue weighted by Crippen LogP contribution is 2.27. The highest BCUT2D eigenvalue weighted by atomic mass is 19.3. The fourth-order valence-electron chi connectivity index (χ4n) is 1.07. The van der Waals surface area contributed by atoms with Gasteiger partial charge in [-0.1, -0.05) is 0 Å². The number of rotatable bonds is 3. The summed E-state index contributed by atoms with van der Waals surface area (Å²) in [6, 6.07) is 0. The number of ether oxygens (including phenoxy) is 1. The topological polar surface area (TPSA) is 101 Å². The first-order valence-corrected chi connectivity index (χ1v) is 5.46. The summed E-state index contributed by atoms with van der Waals surface area (Å²) in [5.41, 5.74) is -1.62. The van der Waals surface area contributed by atoms with Crippen LogP contribution in [0.15, 0.2) is 12.4 Å². The number of aromatic nitrogens is 2. The van der Waals surface area contributed by atoms with Crippen LogP contribution >= 0.6 is 0 Å². The van der Waals surface area contributed by atoms with Crippen LogP contribution in [0.5, 0.6) is 0 Å². The van der Waals surface area contributed by atoms with E-state index in [0.717, 1.165) is 0 Å². The van der Waals surface area contributed by atoms with E-state index in [0.29, 0.717) is 12.4 Å². The molecule has 1 aromatic rings. The number of carbonyl (C=O) groups is 2. The number of aliphatic carboxylic acids is 1. The second-order valence-electron chi connectivity index (χ2n) is 4.80. The molecule has 0 radical (unpaired) electrons. The zero-order valence-electron chi connectivity index (χ0n) is 11.0. The Balaban J connectivity index is 2.78. The summed E-state index contributed by atoms with van der Waals surface area (Å²) in [5.74, 6) is -6.68. The molecule has 0 saturated heterocycles. The lowest BCUT2D eigenvalue weighted by Crippen LogP contribution is -2.28. The van der Waals surface area contributed by atoms with Crippen molar-refractivity contribution < 1.29 is 28.2 Å². The summed E-state index contributed by atoms with van der Waals surface area (Å²) in [4.78, 5) is 28.6. The van der Waals surface area contributed by atoms with Crippen molar-refractivity contribution in [2.75, 3.05) is 5.32 Å². The Hall–Kier alpha value is -2.32. The number of carboxylic acids is 1. The van der Waals surface area contributed by atoms with E-state index < -0.39 is 29.1 Å². The van der Waals surface area contributed by atoms with Crippen molar-refractivity contribution >= 4 is 18.0 Å². The molecule has 0 saturated carbocycles. The second kappa shape index (κ2) is 5.35. The van der Waals surface area contributed by atoms with Gasteiger partial charge in [-0.3, -0.25) is 5.32 Å². The van der Waals surface area contributed by atoms with Crippen molar-refractivity contribution in [1.29, 1.82) is 0 Å². The summed E-state index contributed by atoms with van der Waals surface area (Å²) < 4.78 is 31.1. The first kappa shape index (κ1) is 15.7. The van der Waals surface area contributed by atoms with E-state index in [1.165, 1.54) is 0 Å². The molecule has 1 heterocycles. The Morgan fingerprint density at radius 3 is 2.15 bits per heavy atom. The van der Waals surface area contributed by atoms with Crippen LogP contribution in [-0.2, 0) is 15.5 Å². The molecule has 1 aromatic heterocycles. The number of carboxylic acid groups (broad SMARTS) is 1. The molecule has 0 unspecified atom stereocenters. The first-order valence-electron chi connectivity index (χ1n) is 5.46. The van der Waals surface area contributed by atoms with Crippen LogP contribution in [-0.4, -0.2) is 32.7 Å². The maximum Gasteiger partial charge on any atom is 0.414 e. The molecule has 1 amide bonds. The molecule has 0 fully saturated rings. The van der Waals surface area contributed by atoms with Gasteiger partial charge in [-0.25, -0.2) is 19.6 Å². The molecular formula is C11H13F2N3O4. The molecule has 2 N–H and O–H groups in total. The van der Waals surface area contributed by atoms with Gasteiger partial charge < -0.3 is 9.84 Å². The summed E-state index contributed by atoms with van der Waals surface area (Å²) in [7, 11) is 0. The fraction of sp³-hybridized carbons (Fsp3) is 0.455. The lowest BCUT2D eigenvalue weighted by Gasteiger charge is -2.19. The molecule has 20 heavy (non-hydrogen) atoms. The van der Waals surface area contributed by atoms with Gasteiger partial charge in [0.25, 0.3) is 0 Å². The summed E-state index contributed by atoms with van der Waals surface area (Å²) in [6.45, 7) is 4.93. The van der Waals surface area contributed by atoms with Crippen LogP contribution in [0.25, 0.3) is 0 Å². The average molecular weight is 289 g/mol. The third-order valence-electron chi connectivity index (χ3n) is 1.90. The molecule has 0 bridgehead atoms. The Morgan fingerprint density at radius 1 is 1.25 bits per heavy atom. The molecule has 0 aliphatic rings. The zero-order valence-corrected chi connectivity index (χ0v) is 11.0. The SMILES string of the molecule is CC(C)(C)OC(=O)Nc1ncc(C(F)(F)C(=O)O)cn1. The van der Waals surface area contributed by atoms with Crippen molar-refractivity contribution in [1.82, 2.24) is 9.97 Å². The third kappa shape index (κ3) is 4.11. The number of alkyl halides is 2.